The van der Waals surface area contributed by atoms with E-state index in [0.29, 0.717) is 18.3 Å². The number of aromatic nitrogens is 2. The zero-order valence-corrected chi connectivity index (χ0v) is 15.3. The Bertz CT molecular complexity index is 858. The summed E-state index contributed by atoms with van der Waals surface area (Å²) in [7, 11) is 0. The number of benzene rings is 2. The lowest BCUT2D eigenvalue weighted by Gasteiger charge is -2.11. The third-order valence-electron chi connectivity index (χ3n) is 4.07. The van der Waals surface area contributed by atoms with E-state index in [-0.39, 0.29) is 5.82 Å². The lowest BCUT2D eigenvalue weighted by Crippen LogP contribution is -2.05. The monoisotopic (exact) mass is 350 g/mol. The lowest BCUT2D eigenvalue weighted by atomic mass is 10.0. The molecule has 0 amide bonds. The average Bonchev–Trinajstić information content (AvgIpc) is 2.61. The van der Waals surface area contributed by atoms with Gasteiger partial charge in [0.1, 0.15) is 23.3 Å². The van der Waals surface area contributed by atoms with E-state index in [2.05, 4.69) is 58.7 Å². The fourth-order valence-corrected chi connectivity index (χ4v) is 2.62. The summed E-state index contributed by atoms with van der Waals surface area (Å²) in [6, 6.07) is 16.6. The van der Waals surface area contributed by atoms with Crippen molar-refractivity contribution in [3.63, 3.8) is 0 Å². The van der Waals surface area contributed by atoms with Crippen LogP contribution in [-0.4, -0.2) is 9.97 Å². The zero-order chi connectivity index (χ0) is 18.5. The van der Waals surface area contributed by atoms with Crippen molar-refractivity contribution in [1.82, 2.24) is 9.97 Å². The van der Waals surface area contributed by atoms with E-state index < -0.39 is 0 Å². The first-order valence-corrected chi connectivity index (χ1v) is 8.70. The number of hydrogen-bond donors (Lipinski definition) is 2. The predicted octanol–water partition coefficient (Wildman–Crippen LogP) is 5.40. The Morgan fingerprint density at radius 3 is 2.23 bits per heavy atom. The predicted molar refractivity (Wildman–Crippen MR) is 104 cm³/mol. The fraction of sp³-hybridized carbons (Fsp3) is 0.238. The Hall–Kier alpha value is -2.95. The SMILES string of the molecule is Cc1nc(NCc2ccc(F)cc2)cc(Nc2ccc(C(C)C)cc2)n1. The highest BCUT2D eigenvalue weighted by Crippen LogP contribution is 2.21. The van der Waals surface area contributed by atoms with E-state index in [1.807, 2.05) is 13.0 Å². The van der Waals surface area contributed by atoms with Gasteiger partial charge in [0.15, 0.2) is 0 Å². The summed E-state index contributed by atoms with van der Waals surface area (Å²) >= 11 is 0. The van der Waals surface area contributed by atoms with E-state index in [0.717, 1.165) is 22.9 Å². The third-order valence-corrected chi connectivity index (χ3v) is 4.07. The molecule has 2 N–H and O–H groups in total. The summed E-state index contributed by atoms with van der Waals surface area (Å²) in [4.78, 5) is 8.85. The first kappa shape index (κ1) is 17.9. The summed E-state index contributed by atoms with van der Waals surface area (Å²) in [5.74, 6) is 2.41. The Morgan fingerprint density at radius 1 is 0.923 bits per heavy atom. The van der Waals surface area contributed by atoms with Crippen LogP contribution in [0.3, 0.4) is 0 Å². The molecule has 3 aromatic rings. The molecule has 0 aliphatic rings. The molecule has 26 heavy (non-hydrogen) atoms. The van der Waals surface area contributed by atoms with E-state index in [4.69, 9.17) is 0 Å². The fourth-order valence-electron chi connectivity index (χ4n) is 2.62. The Balaban J connectivity index is 1.69. The molecule has 1 heterocycles. The molecule has 0 bridgehead atoms. The maximum absolute atomic E-state index is 13.0. The maximum atomic E-state index is 13.0. The smallest absolute Gasteiger partial charge is 0.136 e. The Kier molecular flexibility index (Phi) is 5.46. The van der Waals surface area contributed by atoms with Crippen LogP contribution in [0.5, 0.6) is 0 Å². The van der Waals surface area contributed by atoms with Crippen molar-refractivity contribution < 1.29 is 4.39 Å². The third kappa shape index (κ3) is 4.79. The molecule has 0 radical (unpaired) electrons. The van der Waals surface area contributed by atoms with Crippen molar-refractivity contribution in [2.75, 3.05) is 10.6 Å². The first-order chi connectivity index (χ1) is 12.5. The van der Waals surface area contributed by atoms with Gasteiger partial charge >= 0.3 is 0 Å². The van der Waals surface area contributed by atoms with Gasteiger partial charge in [0.25, 0.3) is 0 Å². The van der Waals surface area contributed by atoms with Crippen molar-refractivity contribution in [2.24, 2.45) is 0 Å². The standard InChI is InChI=1S/C21H23FN4/c1-14(2)17-6-10-19(11-7-17)26-21-12-20(24-15(3)25-21)23-13-16-4-8-18(22)9-5-16/h4-12,14H,13H2,1-3H3,(H2,23,24,25,26). The molecule has 0 aliphatic heterocycles. The van der Waals surface area contributed by atoms with Crippen LogP contribution in [-0.2, 0) is 6.54 Å². The van der Waals surface area contributed by atoms with Gasteiger partial charge in [0, 0.05) is 18.3 Å². The Morgan fingerprint density at radius 2 is 1.58 bits per heavy atom. The van der Waals surface area contributed by atoms with Gasteiger partial charge < -0.3 is 10.6 Å². The van der Waals surface area contributed by atoms with Crippen molar-refractivity contribution >= 4 is 17.3 Å². The van der Waals surface area contributed by atoms with E-state index in [1.165, 1.54) is 17.7 Å². The van der Waals surface area contributed by atoms with E-state index >= 15 is 0 Å². The largest absolute Gasteiger partial charge is 0.366 e. The van der Waals surface area contributed by atoms with Gasteiger partial charge in [-0.15, -0.1) is 0 Å². The van der Waals surface area contributed by atoms with Gasteiger partial charge in [-0.3, -0.25) is 0 Å². The van der Waals surface area contributed by atoms with Crippen molar-refractivity contribution in [2.45, 2.75) is 33.2 Å². The normalized spacial score (nSPS) is 10.8. The molecule has 0 saturated heterocycles. The quantitative estimate of drug-likeness (QED) is 0.625. The Labute approximate surface area is 153 Å². The minimum atomic E-state index is -0.235. The molecule has 3 rings (SSSR count). The number of nitrogens with one attached hydrogen (secondary N) is 2. The van der Waals surface area contributed by atoms with Gasteiger partial charge in [-0.1, -0.05) is 38.1 Å². The minimum absolute atomic E-state index is 0.235. The van der Waals surface area contributed by atoms with E-state index in [1.54, 1.807) is 12.1 Å². The minimum Gasteiger partial charge on any atom is -0.366 e. The lowest BCUT2D eigenvalue weighted by molar-refractivity contribution is 0.627. The van der Waals surface area contributed by atoms with Crippen molar-refractivity contribution in [3.05, 3.63) is 77.4 Å². The summed E-state index contributed by atoms with van der Waals surface area (Å²) in [6.07, 6.45) is 0. The van der Waals surface area contributed by atoms with E-state index in [9.17, 15) is 4.39 Å². The van der Waals surface area contributed by atoms with Crippen LogP contribution in [0.4, 0.5) is 21.7 Å². The van der Waals surface area contributed by atoms with Gasteiger partial charge in [0.05, 0.1) is 0 Å². The van der Waals surface area contributed by atoms with Crippen LogP contribution < -0.4 is 10.6 Å². The highest BCUT2D eigenvalue weighted by molar-refractivity contribution is 5.59. The van der Waals surface area contributed by atoms with Crippen molar-refractivity contribution in [1.29, 1.82) is 0 Å². The van der Waals surface area contributed by atoms with Gasteiger partial charge in [-0.25, -0.2) is 14.4 Å². The van der Waals surface area contributed by atoms with Crippen molar-refractivity contribution in [3.8, 4) is 0 Å². The van der Waals surface area contributed by atoms with Gasteiger partial charge in [0.2, 0.25) is 0 Å². The molecule has 134 valence electrons. The van der Waals surface area contributed by atoms with Crippen LogP contribution >= 0.6 is 0 Å². The summed E-state index contributed by atoms with van der Waals surface area (Å²) in [6.45, 7) is 6.78. The molecule has 0 spiro atoms. The molecule has 0 saturated carbocycles. The highest BCUT2D eigenvalue weighted by Gasteiger charge is 2.04. The summed E-state index contributed by atoms with van der Waals surface area (Å²) < 4.78 is 13.0. The number of nitrogens with zero attached hydrogens (tertiary/aromatic N) is 2. The summed E-state index contributed by atoms with van der Waals surface area (Å²) in [5, 5.41) is 6.57. The van der Waals surface area contributed by atoms with Crippen LogP contribution in [0.2, 0.25) is 0 Å². The number of anilines is 3. The molecule has 0 atom stereocenters. The molecule has 0 aliphatic carbocycles. The number of rotatable bonds is 6. The van der Waals surface area contributed by atoms with Gasteiger partial charge in [-0.2, -0.15) is 0 Å². The highest BCUT2D eigenvalue weighted by atomic mass is 19.1. The molecule has 0 fully saturated rings. The van der Waals surface area contributed by atoms with Crippen LogP contribution in [0.25, 0.3) is 0 Å². The molecule has 2 aromatic carbocycles. The maximum Gasteiger partial charge on any atom is 0.136 e. The second-order valence-electron chi connectivity index (χ2n) is 6.57. The molecular formula is C21H23FN4. The second kappa shape index (κ2) is 7.95. The number of hydrogen-bond acceptors (Lipinski definition) is 4. The molecule has 5 heteroatoms. The first-order valence-electron chi connectivity index (χ1n) is 8.70. The molecule has 1 aromatic heterocycles. The summed E-state index contributed by atoms with van der Waals surface area (Å²) in [5.41, 5.74) is 3.27. The molecule has 4 nitrogen and oxygen atoms in total. The molecular weight excluding hydrogens is 327 g/mol. The number of aryl methyl sites for hydroxylation is 1. The number of halogens is 1. The van der Waals surface area contributed by atoms with Gasteiger partial charge in [-0.05, 0) is 48.2 Å². The van der Waals surface area contributed by atoms with Crippen LogP contribution in [0.15, 0.2) is 54.6 Å². The van der Waals surface area contributed by atoms with Crippen LogP contribution in [0, 0.1) is 12.7 Å². The van der Waals surface area contributed by atoms with Crippen LogP contribution in [0.1, 0.15) is 36.7 Å². The molecule has 0 unspecified atom stereocenters. The second-order valence-corrected chi connectivity index (χ2v) is 6.57. The topological polar surface area (TPSA) is 49.8 Å². The average molecular weight is 350 g/mol. The zero-order valence-electron chi connectivity index (χ0n) is 15.3.